The molecule has 4 aromatic rings. The normalized spacial score (nSPS) is 14.2. The zero-order valence-corrected chi connectivity index (χ0v) is 23.8. The number of nitriles is 1. The molecule has 45 heavy (non-hydrogen) atoms. The molecule has 1 aliphatic rings. The number of anilines is 2. The van der Waals surface area contributed by atoms with Crippen LogP contribution < -0.4 is 20.3 Å². The molecule has 2 aromatic carbocycles. The van der Waals surface area contributed by atoms with Gasteiger partial charge in [0.2, 0.25) is 5.95 Å². The maximum atomic E-state index is 13.6. The number of nitrogens with zero attached hydrogens (tertiary/aromatic N) is 5. The molecule has 15 heteroatoms. The standard InChI is InChI=1S/C29H23F3N6O4.CH2O2/c1-17-24(26(40)42-2)25(23-9-8-18(13-33)11-20(23)15-36-10-4-5-19(14-36)16-39)38-27(34-35-28(38)41)37(17)22-7-3-6-21(12-22)29(30,31)32;2-1-3/h3-12,14,25,39H,15-16H2,1-2H3;1H,(H,2,3). The van der Waals surface area contributed by atoms with E-state index in [0.29, 0.717) is 22.3 Å². The maximum Gasteiger partial charge on any atom is 0.416 e. The summed E-state index contributed by atoms with van der Waals surface area (Å²) in [5, 5.41) is 33.9. The van der Waals surface area contributed by atoms with E-state index in [9.17, 15) is 33.1 Å². The van der Waals surface area contributed by atoms with Crippen LogP contribution in [0.1, 0.15) is 40.8 Å². The number of hydrogen-bond donors (Lipinski definition) is 2. The number of rotatable bonds is 6. The Hall–Kier alpha value is -5.75. The summed E-state index contributed by atoms with van der Waals surface area (Å²) in [4.78, 5) is 36.2. The minimum atomic E-state index is -4.63. The molecule has 0 amide bonds. The van der Waals surface area contributed by atoms with Gasteiger partial charge in [-0.2, -0.15) is 18.4 Å². The Labute approximate surface area is 253 Å². The fourth-order valence-corrected chi connectivity index (χ4v) is 5.12. The van der Waals surface area contributed by atoms with E-state index in [4.69, 9.17) is 14.6 Å². The van der Waals surface area contributed by atoms with Crippen molar-refractivity contribution >= 4 is 24.1 Å². The summed E-state index contributed by atoms with van der Waals surface area (Å²) in [5.41, 5.74) is 0.580. The van der Waals surface area contributed by atoms with E-state index in [0.717, 1.165) is 19.2 Å². The third kappa shape index (κ3) is 6.45. The number of ether oxygens (including phenoxy) is 1. The predicted octanol–water partition coefficient (Wildman–Crippen LogP) is 1.84. The van der Waals surface area contributed by atoms with E-state index >= 15 is 0 Å². The van der Waals surface area contributed by atoms with Gasteiger partial charge in [0.15, 0.2) is 18.9 Å². The number of nitrogens with one attached hydrogen (secondary N) is 1. The summed E-state index contributed by atoms with van der Waals surface area (Å²) in [5.74, 6) is -0.849. The minimum Gasteiger partial charge on any atom is -0.554 e. The Kier molecular flexibility index (Phi) is 9.48. The number of aromatic nitrogens is 4. The first-order chi connectivity index (χ1) is 21.5. The highest BCUT2D eigenvalue weighted by Crippen LogP contribution is 2.43. The van der Waals surface area contributed by atoms with Gasteiger partial charge < -0.3 is 19.7 Å². The number of carboxylic acid groups (broad SMARTS) is 1. The summed E-state index contributed by atoms with van der Waals surface area (Å²) in [6.07, 6.45) is -1.16. The number of allylic oxidation sites excluding steroid dienone is 1. The summed E-state index contributed by atoms with van der Waals surface area (Å²) in [6.45, 7) is 1.04. The van der Waals surface area contributed by atoms with E-state index in [1.54, 1.807) is 47.3 Å². The Balaban J connectivity index is 0.00000148. The lowest BCUT2D eigenvalue weighted by molar-refractivity contribution is -0.688. The van der Waals surface area contributed by atoms with Gasteiger partial charge in [-0.1, -0.05) is 12.1 Å². The second-order valence-electron chi connectivity index (χ2n) is 9.64. The number of halogens is 3. The molecule has 0 bridgehead atoms. The first-order valence-electron chi connectivity index (χ1n) is 13.1. The van der Waals surface area contributed by atoms with Gasteiger partial charge in [-0.15, -0.1) is 5.10 Å². The van der Waals surface area contributed by atoms with Crippen molar-refractivity contribution in [1.82, 2.24) is 14.8 Å². The van der Waals surface area contributed by atoms with E-state index in [1.807, 2.05) is 0 Å². The van der Waals surface area contributed by atoms with Crippen molar-refractivity contribution in [2.24, 2.45) is 0 Å². The lowest BCUT2D eigenvalue weighted by Gasteiger charge is -2.36. The van der Waals surface area contributed by atoms with Crippen molar-refractivity contribution in [3.63, 3.8) is 0 Å². The van der Waals surface area contributed by atoms with Crippen LogP contribution in [0, 0.1) is 11.3 Å². The lowest BCUT2D eigenvalue weighted by atomic mass is 9.90. The molecule has 0 aliphatic carbocycles. The second-order valence-corrected chi connectivity index (χ2v) is 9.64. The molecule has 0 fully saturated rings. The molecule has 3 heterocycles. The highest BCUT2D eigenvalue weighted by atomic mass is 19.4. The zero-order chi connectivity index (χ0) is 32.9. The van der Waals surface area contributed by atoms with Crippen LogP contribution in [0.3, 0.4) is 0 Å². The van der Waals surface area contributed by atoms with Crippen LogP contribution in [0.2, 0.25) is 0 Å². The zero-order valence-electron chi connectivity index (χ0n) is 23.8. The van der Waals surface area contributed by atoms with Gasteiger partial charge in [0.25, 0.3) is 0 Å². The minimum absolute atomic E-state index is 0.00835. The van der Waals surface area contributed by atoms with Gasteiger partial charge >= 0.3 is 17.8 Å². The molecular formula is C30H25F3N6O6. The number of fused-ring (bicyclic) bond motifs is 1. The molecule has 0 saturated carbocycles. The molecule has 2 aromatic heterocycles. The van der Waals surface area contributed by atoms with Gasteiger partial charge in [-0.3, -0.25) is 4.90 Å². The average molecular weight is 623 g/mol. The van der Waals surface area contributed by atoms with Crippen LogP contribution in [0.4, 0.5) is 24.8 Å². The molecule has 2 N–H and O–H groups in total. The van der Waals surface area contributed by atoms with Crippen LogP contribution in [-0.4, -0.2) is 39.4 Å². The molecule has 1 atom stereocenters. The molecule has 1 aliphatic heterocycles. The summed E-state index contributed by atoms with van der Waals surface area (Å²) < 4.78 is 48.8. The van der Waals surface area contributed by atoms with Gasteiger partial charge in [0, 0.05) is 35.0 Å². The number of aliphatic hydroxyl groups excluding tert-OH is 1. The smallest absolute Gasteiger partial charge is 0.416 e. The van der Waals surface area contributed by atoms with E-state index in [1.165, 1.54) is 28.5 Å². The molecular weight excluding hydrogens is 597 g/mol. The fraction of sp³-hybridized carbons (Fsp3) is 0.200. The number of benzene rings is 2. The molecule has 0 spiro atoms. The average Bonchev–Trinajstić information content (AvgIpc) is 3.40. The van der Waals surface area contributed by atoms with Crippen molar-refractivity contribution in [3.05, 3.63) is 117 Å². The van der Waals surface area contributed by atoms with Crippen molar-refractivity contribution in [3.8, 4) is 6.07 Å². The molecule has 5 rings (SSSR count). The number of carbonyl (C=O) groups excluding carboxylic acids is 2. The highest BCUT2D eigenvalue weighted by Gasteiger charge is 2.41. The van der Waals surface area contributed by atoms with Crippen LogP contribution in [0.25, 0.3) is 0 Å². The van der Waals surface area contributed by atoms with E-state index in [-0.39, 0.29) is 36.1 Å². The van der Waals surface area contributed by atoms with Crippen molar-refractivity contribution < 1.29 is 42.3 Å². The highest BCUT2D eigenvalue weighted by molar-refractivity contribution is 5.93. The SMILES string of the molecule is COC(=O)C1=C(C)N(c2cccc(C(F)(F)F)c2)c2n[nH]c(=O)n2C1c1ccc(C#N)cc1C[n+]1cccc(CO)c1.O=C[O-]. The van der Waals surface area contributed by atoms with E-state index < -0.39 is 35.9 Å². The predicted molar refractivity (Wildman–Crippen MR) is 148 cm³/mol. The number of methoxy groups -OCH3 is 1. The first kappa shape index (κ1) is 32.2. The third-order valence-electron chi connectivity index (χ3n) is 7.00. The van der Waals surface area contributed by atoms with Gasteiger partial charge in [-0.05, 0) is 48.9 Å². The molecule has 232 valence electrons. The van der Waals surface area contributed by atoms with Crippen LogP contribution in [-0.2, 0) is 33.7 Å². The quantitative estimate of drug-likeness (QED) is 0.185. The Morgan fingerprint density at radius 3 is 2.62 bits per heavy atom. The van der Waals surface area contributed by atoms with Crippen molar-refractivity contribution in [2.75, 3.05) is 12.0 Å². The number of hydrogen-bond acceptors (Lipinski definition) is 9. The Morgan fingerprint density at radius 2 is 1.98 bits per heavy atom. The van der Waals surface area contributed by atoms with Gasteiger partial charge in [0.1, 0.15) is 6.04 Å². The summed E-state index contributed by atoms with van der Waals surface area (Å²) in [6, 6.07) is 13.7. The number of aromatic amines is 1. The maximum absolute atomic E-state index is 13.6. The van der Waals surface area contributed by atoms with Crippen molar-refractivity contribution in [2.45, 2.75) is 32.3 Å². The monoisotopic (exact) mass is 622 g/mol. The van der Waals surface area contributed by atoms with Crippen LogP contribution in [0.15, 0.2) is 83.1 Å². The van der Waals surface area contributed by atoms with Crippen LogP contribution in [0.5, 0.6) is 0 Å². The Bertz CT molecular complexity index is 1870. The number of esters is 1. The summed E-state index contributed by atoms with van der Waals surface area (Å²) >= 11 is 0. The number of H-pyrrole nitrogens is 1. The second kappa shape index (κ2) is 13.3. The van der Waals surface area contributed by atoms with Gasteiger partial charge in [0.05, 0.1) is 36.5 Å². The molecule has 1 unspecified atom stereocenters. The molecule has 0 radical (unpaired) electrons. The molecule has 12 nitrogen and oxygen atoms in total. The van der Waals surface area contributed by atoms with Crippen LogP contribution >= 0.6 is 0 Å². The number of carbonyl (C=O) groups is 2. The van der Waals surface area contributed by atoms with Crippen molar-refractivity contribution in [1.29, 1.82) is 5.26 Å². The largest absolute Gasteiger partial charge is 0.554 e. The topological polar surface area (TPSA) is 168 Å². The number of alkyl halides is 3. The van der Waals surface area contributed by atoms with Gasteiger partial charge in [-0.25, -0.2) is 23.8 Å². The fourth-order valence-electron chi connectivity index (χ4n) is 5.12. The number of aliphatic hydroxyl groups is 1. The number of pyridine rings is 1. The lowest BCUT2D eigenvalue weighted by Crippen LogP contribution is -2.39. The molecule has 0 saturated heterocycles. The Morgan fingerprint density at radius 1 is 1.24 bits per heavy atom. The summed E-state index contributed by atoms with van der Waals surface area (Å²) in [7, 11) is 1.16. The first-order valence-corrected chi connectivity index (χ1v) is 13.1. The third-order valence-corrected chi connectivity index (χ3v) is 7.00. The van der Waals surface area contributed by atoms with E-state index in [2.05, 4.69) is 16.3 Å².